The summed E-state index contributed by atoms with van der Waals surface area (Å²) in [5.41, 5.74) is 4.33. The van der Waals surface area contributed by atoms with E-state index in [-0.39, 0.29) is 4.90 Å². The van der Waals surface area contributed by atoms with Gasteiger partial charge in [0.15, 0.2) is 9.84 Å². The van der Waals surface area contributed by atoms with Gasteiger partial charge in [0.1, 0.15) is 12.1 Å². The second-order valence-electron chi connectivity index (χ2n) is 6.66. The van der Waals surface area contributed by atoms with Crippen molar-refractivity contribution in [3.05, 3.63) is 60.0 Å². The third kappa shape index (κ3) is 3.38. The lowest BCUT2D eigenvalue weighted by atomic mass is 10.1. The number of nitrogens with zero attached hydrogens (tertiary/aromatic N) is 2. The van der Waals surface area contributed by atoms with E-state index < -0.39 is 9.84 Å². The number of sulfone groups is 1. The number of H-pyrrole nitrogens is 1. The smallest absolute Gasteiger partial charge is 0.175 e. The molecular formula is C20H20N4O2S. The zero-order valence-corrected chi connectivity index (χ0v) is 16.0. The number of aromatic amines is 1. The van der Waals surface area contributed by atoms with Gasteiger partial charge in [-0.25, -0.2) is 18.4 Å². The molecule has 0 aliphatic rings. The van der Waals surface area contributed by atoms with Gasteiger partial charge in [0.05, 0.1) is 10.4 Å². The number of rotatable bonds is 5. The second kappa shape index (κ2) is 6.66. The van der Waals surface area contributed by atoms with Crippen LogP contribution in [0.2, 0.25) is 0 Å². The maximum atomic E-state index is 11.8. The molecule has 4 rings (SSSR count). The Balaban J connectivity index is 1.60. The molecule has 2 aromatic heterocycles. The predicted molar refractivity (Wildman–Crippen MR) is 108 cm³/mol. The predicted octanol–water partition coefficient (Wildman–Crippen LogP) is 3.48. The molecule has 0 atom stereocenters. The van der Waals surface area contributed by atoms with Crippen molar-refractivity contribution in [3.63, 3.8) is 0 Å². The van der Waals surface area contributed by atoms with E-state index in [4.69, 9.17) is 0 Å². The van der Waals surface area contributed by atoms with Crippen LogP contribution in [0.3, 0.4) is 0 Å². The lowest BCUT2D eigenvalue weighted by Crippen LogP contribution is -2.07. The number of hydrogen-bond donors (Lipinski definition) is 2. The van der Waals surface area contributed by atoms with Gasteiger partial charge in [-0.3, -0.25) is 0 Å². The van der Waals surface area contributed by atoms with Gasteiger partial charge in [-0.2, -0.15) is 0 Å². The Morgan fingerprint density at radius 2 is 2.00 bits per heavy atom. The van der Waals surface area contributed by atoms with E-state index in [0.717, 1.165) is 11.9 Å². The fourth-order valence-electron chi connectivity index (χ4n) is 3.37. The highest BCUT2D eigenvalue weighted by Crippen LogP contribution is 2.24. The zero-order valence-electron chi connectivity index (χ0n) is 15.2. The van der Waals surface area contributed by atoms with Crippen LogP contribution in [0.15, 0.2) is 53.8 Å². The van der Waals surface area contributed by atoms with Crippen molar-refractivity contribution in [1.29, 1.82) is 0 Å². The van der Waals surface area contributed by atoms with Crippen LogP contribution in [-0.2, 0) is 16.3 Å². The molecule has 2 heterocycles. The molecule has 0 saturated heterocycles. The molecule has 0 aliphatic carbocycles. The largest absolute Gasteiger partial charge is 0.369 e. The minimum Gasteiger partial charge on any atom is -0.369 e. The first-order valence-corrected chi connectivity index (χ1v) is 10.6. The highest BCUT2D eigenvalue weighted by atomic mass is 32.2. The van der Waals surface area contributed by atoms with Crippen LogP contribution in [0.1, 0.15) is 11.1 Å². The summed E-state index contributed by atoms with van der Waals surface area (Å²) < 4.78 is 23.7. The van der Waals surface area contributed by atoms with Gasteiger partial charge in [0.25, 0.3) is 0 Å². The zero-order chi connectivity index (χ0) is 19.0. The standard InChI is InChI=1S/C20H20N4O2S/c1-13-4-3-5-18-19(13)14(11-22-18)8-9-21-20-16-10-15(27(2,25)26)6-7-17(16)23-12-24-20/h3-7,10-12,22H,8-9H2,1-2H3,(H,21,23,24). The number of anilines is 1. The van der Waals surface area contributed by atoms with Crippen LogP contribution in [-0.4, -0.2) is 36.2 Å². The van der Waals surface area contributed by atoms with Crippen molar-refractivity contribution in [2.24, 2.45) is 0 Å². The summed E-state index contributed by atoms with van der Waals surface area (Å²) >= 11 is 0. The number of fused-ring (bicyclic) bond motifs is 2. The number of aromatic nitrogens is 3. The first-order valence-electron chi connectivity index (χ1n) is 8.68. The molecule has 2 N–H and O–H groups in total. The van der Waals surface area contributed by atoms with E-state index in [0.29, 0.717) is 23.3 Å². The molecule has 6 nitrogen and oxygen atoms in total. The van der Waals surface area contributed by atoms with Crippen molar-refractivity contribution >= 4 is 37.5 Å². The first-order chi connectivity index (χ1) is 12.9. The van der Waals surface area contributed by atoms with Crippen LogP contribution >= 0.6 is 0 Å². The Kier molecular flexibility index (Phi) is 4.31. The van der Waals surface area contributed by atoms with E-state index >= 15 is 0 Å². The van der Waals surface area contributed by atoms with Crippen LogP contribution in [0.4, 0.5) is 5.82 Å². The maximum Gasteiger partial charge on any atom is 0.175 e. The van der Waals surface area contributed by atoms with Gasteiger partial charge in [-0.15, -0.1) is 0 Å². The Morgan fingerprint density at radius 1 is 1.15 bits per heavy atom. The van der Waals surface area contributed by atoms with E-state index in [9.17, 15) is 8.42 Å². The second-order valence-corrected chi connectivity index (χ2v) is 8.68. The summed E-state index contributed by atoms with van der Waals surface area (Å²) in [6.45, 7) is 2.79. The molecule has 2 aromatic carbocycles. The van der Waals surface area contributed by atoms with E-state index in [1.165, 1.54) is 29.1 Å². The molecule has 0 aliphatic heterocycles. The van der Waals surface area contributed by atoms with Gasteiger partial charge in [0.2, 0.25) is 0 Å². The van der Waals surface area contributed by atoms with E-state index in [1.54, 1.807) is 18.2 Å². The maximum absolute atomic E-state index is 11.8. The van der Waals surface area contributed by atoms with E-state index in [1.807, 2.05) is 12.3 Å². The topological polar surface area (TPSA) is 87.7 Å². The van der Waals surface area contributed by atoms with Crippen LogP contribution in [0.5, 0.6) is 0 Å². The average molecular weight is 380 g/mol. The first kappa shape index (κ1) is 17.5. The summed E-state index contributed by atoms with van der Waals surface area (Å²) in [4.78, 5) is 12.1. The molecule has 0 spiro atoms. The Morgan fingerprint density at radius 3 is 2.81 bits per heavy atom. The number of benzene rings is 2. The summed E-state index contributed by atoms with van der Waals surface area (Å²) in [5.74, 6) is 0.641. The molecule has 0 saturated carbocycles. The van der Waals surface area contributed by atoms with Crippen molar-refractivity contribution in [2.45, 2.75) is 18.2 Å². The third-order valence-corrected chi connectivity index (χ3v) is 5.83. The molecule has 0 bridgehead atoms. The SMILES string of the molecule is Cc1cccc2[nH]cc(CCNc3ncnc4ccc(S(C)(=O)=O)cc34)c12. The lowest BCUT2D eigenvalue weighted by Gasteiger charge is -2.09. The Labute approximate surface area is 157 Å². The molecule has 4 aromatic rings. The summed E-state index contributed by atoms with van der Waals surface area (Å²) in [7, 11) is -3.28. The van der Waals surface area contributed by atoms with Gasteiger partial charge < -0.3 is 10.3 Å². The number of hydrogen-bond acceptors (Lipinski definition) is 5. The molecule has 138 valence electrons. The molecule has 0 amide bonds. The molecule has 7 heteroatoms. The van der Waals surface area contributed by atoms with Gasteiger partial charge in [-0.1, -0.05) is 12.1 Å². The van der Waals surface area contributed by atoms with Crippen molar-refractivity contribution in [3.8, 4) is 0 Å². The lowest BCUT2D eigenvalue weighted by molar-refractivity contribution is 0.602. The highest BCUT2D eigenvalue weighted by Gasteiger charge is 2.11. The van der Waals surface area contributed by atoms with Crippen molar-refractivity contribution in [1.82, 2.24) is 15.0 Å². The number of nitrogens with one attached hydrogen (secondary N) is 2. The van der Waals surface area contributed by atoms with Crippen LogP contribution in [0.25, 0.3) is 21.8 Å². The normalized spacial score (nSPS) is 11.9. The quantitative estimate of drug-likeness (QED) is 0.553. The van der Waals surface area contributed by atoms with Gasteiger partial charge in [0, 0.05) is 35.3 Å². The molecule has 27 heavy (non-hydrogen) atoms. The Hall–Kier alpha value is -2.93. The fraction of sp³-hybridized carbons (Fsp3) is 0.200. The minimum absolute atomic E-state index is 0.264. The summed E-state index contributed by atoms with van der Waals surface area (Å²) in [6.07, 6.45) is 5.55. The highest BCUT2D eigenvalue weighted by molar-refractivity contribution is 7.90. The van der Waals surface area contributed by atoms with Crippen LogP contribution < -0.4 is 5.32 Å². The van der Waals surface area contributed by atoms with Crippen LogP contribution in [0, 0.1) is 6.92 Å². The van der Waals surface area contributed by atoms with Crippen molar-refractivity contribution in [2.75, 3.05) is 18.1 Å². The monoisotopic (exact) mass is 380 g/mol. The summed E-state index contributed by atoms with van der Waals surface area (Å²) in [6, 6.07) is 11.1. The number of aryl methyl sites for hydroxylation is 1. The van der Waals surface area contributed by atoms with E-state index in [2.05, 4.69) is 39.3 Å². The molecular weight excluding hydrogens is 360 g/mol. The average Bonchev–Trinajstić information content (AvgIpc) is 3.05. The van der Waals surface area contributed by atoms with Gasteiger partial charge >= 0.3 is 0 Å². The molecule has 0 radical (unpaired) electrons. The minimum atomic E-state index is -3.28. The molecule has 0 unspecified atom stereocenters. The summed E-state index contributed by atoms with van der Waals surface area (Å²) in [5, 5.41) is 5.29. The third-order valence-electron chi connectivity index (χ3n) is 4.72. The van der Waals surface area contributed by atoms with Gasteiger partial charge in [-0.05, 0) is 48.7 Å². The Bertz CT molecular complexity index is 1250. The molecule has 0 fully saturated rings. The van der Waals surface area contributed by atoms with Crippen molar-refractivity contribution < 1.29 is 8.42 Å². The fourth-order valence-corrected chi connectivity index (χ4v) is 4.02.